The maximum absolute atomic E-state index is 7.75. The number of hydrogen-bond acceptors (Lipinski definition) is 3. The number of rotatable bonds is 0. The topological polar surface area (TPSA) is 47.8 Å². The molecule has 0 aliphatic rings. The molecule has 0 spiro atoms. The van der Waals surface area contributed by atoms with E-state index in [1.807, 2.05) is 0 Å². The molecular formula is C5H10BN3ORe-3. The minimum atomic E-state index is 0. The maximum Gasteiger partial charge on any atom is 0.260 e. The first-order valence-corrected chi connectivity index (χ1v) is 1.78. The molecule has 0 aromatic carbocycles. The van der Waals surface area contributed by atoms with Crippen LogP contribution in [-0.4, -0.2) is 29.4 Å². The Kier molecular flexibility index (Phi) is 33.2. The van der Waals surface area contributed by atoms with Gasteiger partial charge in [0, 0.05) is 20.4 Å². The second-order valence-electron chi connectivity index (χ2n) is 0.935. The Morgan fingerprint density at radius 1 is 1.36 bits per heavy atom. The first-order valence-electron chi connectivity index (χ1n) is 1.78. The molecule has 4 nitrogen and oxygen atoms in total. The Hall–Kier alpha value is -0.463. The Morgan fingerprint density at radius 2 is 1.82 bits per heavy atom. The van der Waals surface area contributed by atoms with Gasteiger partial charge >= 0.3 is 0 Å². The van der Waals surface area contributed by atoms with Crippen molar-refractivity contribution >= 4 is 14.8 Å². The average Bonchev–Trinajstić information content (AvgIpc) is 2.24. The van der Waals surface area contributed by atoms with Crippen LogP contribution in [0.15, 0.2) is 12.7 Å². The molecule has 0 saturated heterocycles. The van der Waals surface area contributed by atoms with E-state index in [0.717, 1.165) is 0 Å². The fourth-order valence-electron chi connectivity index (χ4n) is 0.233. The molecule has 6 heteroatoms. The number of aromatic nitrogens is 3. The van der Waals surface area contributed by atoms with Gasteiger partial charge < -0.3 is 24.2 Å². The van der Waals surface area contributed by atoms with Gasteiger partial charge in [0.15, 0.2) is 0 Å². The summed E-state index contributed by atoms with van der Waals surface area (Å²) in [7, 11) is 3.42. The second kappa shape index (κ2) is 16.3. The van der Waals surface area contributed by atoms with Crippen molar-refractivity contribution in [3.05, 3.63) is 27.5 Å². The summed E-state index contributed by atoms with van der Waals surface area (Å²) in [5, 5.41) is 3.61. The van der Waals surface area contributed by atoms with Gasteiger partial charge in [0.1, 0.15) is 6.33 Å². The van der Waals surface area contributed by atoms with Crippen molar-refractivity contribution in [3.8, 4) is 0 Å². The molecule has 1 aromatic rings. The predicted octanol–water partition coefficient (Wildman–Crippen LogP) is -0.434. The standard InChI is InChI=1S/C2H3BN3.CHO.2CH3.Re/c3-6-2-4-1-5-6;1-2;;;/h1-3H;1H;2*1H3;/q;3*-1;. The predicted molar refractivity (Wildman–Crippen MR) is 42.1 cm³/mol. The van der Waals surface area contributed by atoms with Gasteiger partial charge in [0.25, 0.3) is 7.98 Å². The molecule has 1 heterocycles. The molecule has 0 unspecified atom stereocenters. The van der Waals surface area contributed by atoms with Crippen molar-refractivity contribution in [3.63, 3.8) is 0 Å². The van der Waals surface area contributed by atoms with Crippen LogP contribution in [0.25, 0.3) is 0 Å². The zero-order valence-electron chi connectivity index (χ0n) is 6.57. The van der Waals surface area contributed by atoms with Crippen LogP contribution in [0.5, 0.6) is 0 Å². The molecule has 0 N–H and O–H groups in total. The third-order valence-electron chi connectivity index (χ3n) is 0.467. The minimum Gasteiger partial charge on any atom is -0.545 e. The van der Waals surface area contributed by atoms with E-state index in [-0.39, 0.29) is 35.3 Å². The van der Waals surface area contributed by atoms with Crippen molar-refractivity contribution in [1.82, 2.24) is 14.7 Å². The number of nitrogens with zero attached hydrogens (tertiary/aromatic N) is 3. The molecule has 0 atom stereocenters. The minimum absolute atomic E-state index is 0. The summed E-state index contributed by atoms with van der Waals surface area (Å²) in [6.45, 7) is 3.25. The maximum atomic E-state index is 7.75. The summed E-state index contributed by atoms with van der Waals surface area (Å²) in [6, 6.07) is 0. The molecule has 0 fully saturated rings. The molecule has 0 bridgehead atoms. The van der Waals surface area contributed by atoms with Crippen LogP contribution in [0.3, 0.4) is 0 Å². The molecule has 1 rings (SSSR count). The summed E-state index contributed by atoms with van der Waals surface area (Å²) in [5.41, 5.74) is 0. The van der Waals surface area contributed by atoms with Gasteiger partial charge in [-0.05, 0) is 0 Å². The van der Waals surface area contributed by atoms with Crippen LogP contribution in [0.1, 0.15) is 0 Å². The molecule has 0 amide bonds. The van der Waals surface area contributed by atoms with E-state index >= 15 is 0 Å². The molecule has 11 heavy (non-hydrogen) atoms. The van der Waals surface area contributed by atoms with Gasteiger partial charge in [-0.1, -0.05) is 0 Å². The van der Waals surface area contributed by atoms with Crippen LogP contribution in [0.4, 0.5) is 0 Å². The SMILES string of the molecule is [BH]n1cncn1.[CH-]=O.[CH3-].[CH3-].[Re]. The first-order chi connectivity index (χ1) is 3.89. The van der Waals surface area contributed by atoms with Gasteiger partial charge in [0.2, 0.25) is 0 Å². The molecular weight excluding hydrogens is 315 g/mol. The summed E-state index contributed by atoms with van der Waals surface area (Å²) in [5.74, 6) is 0. The van der Waals surface area contributed by atoms with Crippen molar-refractivity contribution in [1.29, 1.82) is 0 Å². The zero-order chi connectivity index (χ0) is 6.41. The summed E-state index contributed by atoms with van der Waals surface area (Å²) < 4.78 is 1.39. The normalized spacial score (nSPS) is 5.09. The van der Waals surface area contributed by atoms with E-state index in [9.17, 15) is 0 Å². The molecule has 0 saturated carbocycles. The molecule has 0 aliphatic heterocycles. The second-order valence-corrected chi connectivity index (χ2v) is 0.935. The third kappa shape index (κ3) is 12.7. The largest absolute Gasteiger partial charge is 0.545 e. The van der Waals surface area contributed by atoms with E-state index in [1.165, 1.54) is 17.2 Å². The van der Waals surface area contributed by atoms with E-state index in [4.69, 9.17) is 4.79 Å². The molecule has 0 aliphatic carbocycles. The van der Waals surface area contributed by atoms with Gasteiger partial charge in [0.05, 0.1) is 6.33 Å². The third-order valence-corrected chi connectivity index (χ3v) is 0.467. The molecule has 64 valence electrons. The molecule has 2 radical (unpaired) electrons. The van der Waals surface area contributed by atoms with Crippen molar-refractivity contribution in [2.45, 2.75) is 0 Å². The summed E-state index contributed by atoms with van der Waals surface area (Å²) in [6.07, 6.45) is 2.97. The first kappa shape index (κ1) is 22.4. The average molecular weight is 325 g/mol. The Bertz CT molecular complexity index is 136. The van der Waals surface area contributed by atoms with Crippen LogP contribution in [-0.2, 0) is 25.2 Å². The van der Waals surface area contributed by atoms with E-state index in [2.05, 4.69) is 24.9 Å². The van der Waals surface area contributed by atoms with E-state index < -0.39 is 0 Å². The monoisotopic (exact) mass is 326 g/mol. The Morgan fingerprint density at radius 3 is 1.91 bits per heavy atom. The quantitative estimate of drug-likeness (QED) is 0.369. The summed E-state index contributed by atoms with van der Waals surface area (Å²) >= 11 is 0. The Labute approximate surface area is 82.5 Å². The van der Waals surface area contributed by atoms with Crippen LogP contribution < -0.4 is 0 Å². The van der Waals surface area contributed by atoms with Crippen molar-refractivity contribution < 1.29 is 25.2 Å². The number of hydrogen-bond donors (Lipinski definition) is 0. The fourth-order valence-corrected chi connectivity index (χ4v) is 0.233. The van der Waals surface area contributed by atoms with Crippen LogP contribution in [0, 0.1) is 14.9 Å². The van der Waals surface area contributed by atoms with Crippen LogP contribution >= 0.6 is 0 Å². The van der Waals surface area contributed by atoms with Crippen molar-refractivity contribution in [2.75, 3.05) is 0 Å². The van der Waals surface area contributed by atoms with Gasteiger partial charge in [-0.15, -0.1) is 0 Å². The zero-order valence-corrected chi connectivity index (χ0v) is 9.28. The smallest absolute Gasteiger partial charge is 0.260 e. The van der Waals surface area contributed by atoms with E-state index in [0.29, 0.717) is 0 Å². The Balaban J connectivity index is -0.0000000459. The van der Waals surface area contributed by atoms with Gasteiger partial charge in [-0.25, -0.2) is 4.98 Å². The fraction of sp³-hybridized carbons (Fsp3) is 0. The molecule has 1 aromatic heterocycles. The van der Waals surface area contributed by atoms with Gasteiger partial charge in [-0.3, -0.25) is 6.79 Å². The number of carbonyl (C=O) groups excluding carboxylic acids is 1. The van der Waals surface area contributed by atoms with Crippen LogP contribution in [0.2, 0.25) is 0 Å². The van der Waals surface area contributed by atoms with E-state index in [1.54, 1.807) is 0 Å². The summed E-state index contributed by atoms with van der Waals surface area (Å²) in [4.78, 5) is 11.4. The van der Waals surface area contributed by atoms with Crippen molar-refractivity contribution in [2.24, 2.45) is 0 Å². The van der Waals surface area contributed by atoms with Gasteiger partial charge in [-0.2, -0.15) is 5.10 Å².